The molecule has 0 aliphatic heterocycles. The molecule has 116 valence electrons. The van der Waals surface area contributed by atoms with Crippen LogP contribution in [0.25, 0.3) is 11.1 Å². The van der Waals surface area contributed by atoms with Crippen molar-refractivity contribution in [3.05, 3.63) is 53.5 Å². The average molecular weight is 310 g/mol. The lowest BCUT2D eigenvalue weighted by molar-refractivity contribution is 0.0687. The molecule has 0 unspecified atom stereocenters. The molecular formula is C16H14N4O3. The van der Waals surface area contributed by atoms with Crippen molar-refractivity contribution < 1.29 is 14.6 Å². The number of hydrogen-bond acceptors (Lipinski definition) is 5. The molecule has 2 aromatic heterocycles. The number of aryl methyl sites for hydroxylation is 2. The molecule has 2 N–H and O–H groups in total. The van der Waals surface area contributed by atoms with Gasteiger partial charge in [-0.25, -0.2) is 9.89 Å². The molecule has 3 aromatic rings. The molecule has 0 fully saturated rings. The van der Waals surface area contributed by atoms with Crippen LogP contribution in [0, 0.1) is 13.8 Å². The van der Waals surface area contributed by atoms with Gasteiger partial charge in [0.15, 0.2) is 0 Å². The summed E-state index contributed by atoms with van der Waals surface area (Å²) in [5.74, 6) is -0.698. The highest BCUT2D eigenvalue weighted by Gasteiger charge is 2.17. The van der Waals surface area contributed by atoms with Gasteiger partial charge in [0.1, 0.15) is 5.75 Å². The van der Waals surface area contributed by atoms with Gasteiger partial charge in [-0.15, -0.1) is 5.10 Å². The normalized spacial score (nSPS) is 10.5. The summed E-state index contributed by atoms with van der Waals surface area (Å²) >= 11 is 0. The third kappa shape index (κ3) is 2.89. The second-order valence-electron chi connectivity index (χ2n) is 5.01. The van der Waals surface area contributed by atoms with Crippen molar-refractivity contribution in [2.75, 3.05) is 0 Å². The van der Waals surface area contributed by atoms with Crippen molar-refractivity contribution in [3.8, 4) is 22.8 Å². The highest BCUT2D eigenvalue weighted by atomic mass is 16.5. The molecule has 0 spiro atoms. The van der Waals surface area contributed by atoms with Crippen molar-refractivity contribution in [3.63, 3.8) is 0 Å². The Morgan fingerprint density at radius 3 is 2.74 bits per heavy atom. The fourth-order valence-electron chi connectivity index (χ4n) is 2.32. The summed E-state index contributed by atoms with van der Waals surface area (Å²) < 4.78 is 5.54. The van der Waals surface area contributed by atoms with Crippen LogP contribution in [0.15, 0.2) is 36.5 Å². The number of H-pyrrole nitrogens is 1. The first-order chi connectivity index (χ1) is 11.1. The van der Waals surface area contributed by atoms with Gasteiger partial charge in [0.2, 0.25) is 5.69 Å². The molecule has 0 atom stereocenters. The zero-order valence-electron chi connectivity index (χ0n) is 12.6. The molecule has 0 saturated carbocycles. The average Bonchev–Trinajstić information content (AvgIpc) is 2.97. The Labute approximate surface area is 132 Å². The molecule has 0 radical (unpaired) electrons. The number of nitrogens with one attached hydrogen (secondary N) is 1. The standard InChI is InChI=1S/C16H14N4O3/c1-9-8-11(23-15-14(16(21)22)18-20-19-15)5-6-12(9)13-4-3-7-17-10(13)2/h3-8H,1-2H3,(H,21,22)(H,18,19,20). The minimum absolute atomic E-state index is 0.00204. The Morgan fingerprint density at radius 2 is 2.04 bits per heavy atom. The van der Waals surface area contributed by atoms with E-state index in [0.29, 0.717) is 5.75 Å². The summed E-state index contributed by atoms with van der Waals surface area (Å²) in [6, 6.07) is 9.41. The zero-order chi connectivity index (χ0) is 16.4. The van der Waals surface area contributed by atoms with Gasteiger partial charge in [0.05, 0.1) is 0 Å². The Hall–Kier alpha value is -3.22. The number of carbonyl (C=O) groups is 1. The maximum atomic E-state index is 11.0. The molecule has 0 aliphatic rings. The lowest BCUT2D eigenvalue weighted by Crippen LogP contribution is -2.00. The van der Waals surface area contributed by atoms with E-state index in [2.05, 4.69) is 20.4 Å². The van der Waals surface area contributed by atoms with E-state index in [1.165, 1.54) is 0 Å². The Kier molecular flexibility index (Phi) is 3.76. The molecule has 0 aliphatic carbocycles. The second-order valence-corrected chi connectivity index (χ2v) is 5.01. The van der Waals surface area contributed by atoms with Crippen molar-refractivity contribution in [1.82, 2.24) is 20.4 Å². The van der Waals surface area contributed by atoms with Gasteiger partial charge < -0.3 is 9.84 Å². The zero-order valence-corrected chi connectivity index (χ0v) is 12.6. The van der Waals surface area contributed by atoms with E-state index in [-0.39, 0.29) is 11.6 Å². The van der Waals surface area contributed by atoms with Crippen LogP contribution < -0.4 is 4.74 Å². The highest BCUT2D eigenvalue weighted by molar-refractivity contribution is 5.87. The quantitative estimate of drug-likeness (QED) is 0.768. The Bertz CT molecular complexity index is 873. The third-order valence-corrected chi connectivity index (χ3v) is 3.43. The number of carboxylic acids is 1. The summed E-state index contributed by atoms with van der Waals surface area (Å²) in [5.41, 5.74) is 3.77. The molecule has 0 amide bonds. The van der Waals surface area contributed by atoms with E-state index in [4.69, 9.17) is 9.84 Å². The predicted molar refractivity (Wildman–Crippen MR) is 82.6 cm³/mol. The number of pyridine rings is 1. The highest BCUT2D eigenvalue weighted by Crippen LogP contribution is 2.30. The number of aromatic amines is 1. The number of hydrogen-bond donors (Lipinski definition) is 2. The summed E-state index contributed by atoms with van der Waals surface area (Å²) in [4.78, 5) is 15.3. The number of nitrogens with zero attached hydrogens (tertiary/aromatic N) is 3. The summed E-state index contributed by atoms with van der Waals surface area (Å²) in [6.45, 7) is 3.91. The first-order valence-corrected chi connectivity index (χ1v) is 6.91. The van der Waals surface area contributed by atoms with E-state index in [0.717, 1.165) is 22.4 Å². The van der Waals surface area contributed by atoms with Crippen molar-refractivity contribution in [2.45, 2.75) is 13.8 Å². The largest absolute Gasteiger partial charge is 0.476 e. The molecule has 1 aromatic carbocycles. The van der Waals surface area contributed by atoms with Crippen molar-refractivity contribution in [1.29, 1.82) is 0 Å². The lowest BCUT2D eigenvalue weighted by atomic mass is 9.99. The topological polar surface area (TPSA) is 101 Å². The minimum Gasteiger partial charge on any atom is -0.476 e. The number of aromatic carboxylic acids is 1. The van der Waals surface area contributed by atoms with Gasteiger partial charge in [-0.3, -0.25) is 4.98 Å². The van der Waals surface area contributed by atoms with E-state index in [9.17, 15) is 4.79 Å². The maximum Gasteiger partial charge on any atom is 0.362 e. The number of rotatable bonds is 4. The van der Waals surface area contributed by atoms with E-state index < -0.39 is 5.97 Å². The molecule has 0 saturated heterocycles. The van der Waals surface area contributed by atoms with E-state index >= 15 is 0 Å². The first-order valence-electron chi connectivity index (χ1n) is 6.91. The van der Waals surface area contributed by atoms with Gasteiger partial charge in [0.25, 0.3) is 5.88 Å². The summed E-state index contributed by atoms with van der Waals surface area (Å²) in [6.07, 6.45) is 1.75. The molecule has 7 heteroatoms. The number of benzene rings is 1. The van der Waals surface area contributed by atoms with Crippen LogP contribution in [0.4, 0.5) is 0 Å². The van der Waals surface area contributed by atoms with Crippen LogP contribution in [-0.2, 0) is 0 Å². The number of ether oxygens (including phenoxy) is 1. The molecule has 23 heavy (non-hydrogen) atoms. The Morgan fingerprint density at radius 1 is 1.22 bits per heavy atom. The van der Waals surface area contributed by atoms with Gasteiger partial charge >= 0.3 is 5.97 Å². The summed E-state index contributed by atoms with van der Waals surface area (Å²) in [5, 5.41) is 18.4. The predicted octanol–water partition coefficient (Wildman–Crippen LogP) is 2.97. The lowest BCUT2D eigenvalue weighted by Gasteiger charge is -2.10. The minimum atomic E-state index is -1.20. The van der Waals surface area contributed by atoms with Crippen molar-refractivity contribution >= 4 is 5.97 Å². The van der Waals surface area contributed by atoms with Crippen molar-refractivity contribution in [2.24, 2.45) is 0 Å². The second kappa shape index (κ2) is 5.88. The van der Waals surface area contributed by atoms with Gasteiger partial charge in [-0.2, -0.15) is 0 Å². The SMILES string of the molecule is Cc1cc(Oc2[nH]nnc2C(=O)O)ccc1-c1cccnc1C. The Balaban J connectivity index is 1.92. The fraction of sp³-hybridized carbons (Fsp3) is 0.125. The maximum absolute atomic E-state index is 11.0. The molecular weight excluding hydrogens is 296 g/mol. The summed E-state index contributed by atoms with van der Waals surface area (Å²) in [7, 11) is 0. The van der Waals surface area contributed by atoms with E-state index in [1.807, 2.05) is 38.1 Å². The van der Waals surface area contributed by atoms with Crippen LogP contribution in [0.2, 0.25) is 0 Å². The van der Waals surface area contributed by atoms with Crippen LogP contribution in [0.3, 0.4) is 0 Å². The molecule has 0 bridgehead atoms. The van der Waals surface area contributed by atoms with Crippen LogP contribution >= 0.6 is 0 Å². The van der Waals surface area contributed by atoms with Crippen LogP contribution in [0.5, 0.6) is 11.6 Å². The fourth-order valence-corrected chi connectivity index (χ4v) is 2.32. The van der Waals surface area contributed by atoms with Crippen LogP contribution in [-0.4, -0.2) is 31.5 Å². The van der Waals surface area contributed by atoms with Gasteiger partial charge in [-0.05, 0) is 43.2 Å². The van der Waals surface area contributed by atoms with E-state index in [1.54, 1.807) is 12.3 Å². The molecule has 3 rings (SSSR count). The third-order valence-electron chi connectivity index (χ3n) is 3.43. The van der Waals surface area contributed by atoms with Gasteiger partial charge in [-0.1, -0.05) is 17.3 Å². The van der Waals surface area contributed by atoms with Gasteiger partial charge in [0, 0.05) is 17.5 Å². The van der Waals surface area contributed by atoms with Crippen LogP contribution in [0.1, 0.15) is 21.7 Å². The smallest absolute Gasteiger partial charge is 0.362 e. The molecule has 2 heterocycles. The first kappa shape index (κ1) is 14.7. The monoisotopic (exact) mass is 310 g/mol. The molecule has 7 nitrogen and oxygen atoms in total. The number of aromatic nitrogens is 4. The number of carboxylic acid groups (broad SMARTS) is 1.